The summed E-state index contributed by atoms with van der Waals surface area (Å²) < 4.78 is 0. The van der Waals surface area contributed by atoms with Gasteiger partial charge in [0.15, 0.2) is 6.10 Å². The number of pyridine rings is 1. The molecule has 1 aromatic carbocycles. The summed E-state index contributed by atoms with van der Waals surface area (Å²) in [7, 11) is 0. The molecule has 0 aliphatic rings. The lowest BCUT2D eigenvalue weighted by Gasteiger charge is -2.03. The van der Waals surface area contributed by atoms with Crippen molar-refractivity contribution in [3.8, 4) is 12.3 Å². The lowest BCUT2D eigenvalue weighted by molar-refractivity contribution is 0.234. The standard InChI is InChI=1S/C12H9NO/c1-2-12(14)11-7-9-5-3-4-6-10(9)8-13-11/h1,3-8,12,14H. The van der Waals surface area contributed by atoms with Crippen LogP contribution in [0.1, 0.15) is 11.8 Å². The van der Waals surface area contributed by atoms with Crippen molar-refractivity contribution in [2.75, 3.05) is 0 Å². The summed E-state index contributed by atoms with van der Waals surface area (Å²) in [4.78, 5) is 4.09. The van der Waals surface area contributed by atoms with Crippen molar-refractivity contribution >= 4 is 10.8 Å². The number of terminal acetylenes is 1. The van der Waals surface area contributed by atoms with Crippen molar-refractivity contribution in [2.24, 2.45) is 0 Å². The van der Waals surface area contributed by atoms with Crippen LogP contribution >= 0.6 is 0 Å². The van der Waals surface area contributed by atoms with Gasteiger partial charge >= 0.3 is 0 Å². The van der Waals surface area contributed by atoms with E-state index >= 15 is 0 Å². The Labute approximate surface area is 82.2 Å². The van der Waals surface area contributed by atoms with Gasteiger partial charge in [0.05, 0.1) is 5.69 Å². The van der Waals surface area contributed by atoms with Crippen LogP contribution < -0.4 is 0 Å². The zero-order chi connectivity index (χ0) is 9.97. The number of aliphatic hydroxyl groups is 1. The summed E-state index contributed by atoms with van der Waals surface area (Å²) in [5, 5.41) is 11.5. The lowest BCUT2D eigenvalue weighted by atomic mass is 10.1. The molecule has 0 bridgehead atoms. The van der Waals surface area contributed by atoms with Crippen LogP contribution in [0.25, 0.3) is 10.8 Å². The molecule has 1 heterocycles. The number of hydrogen-bond donors (Lipinski definition) is 1. The molecule has 0 aliphatic heterocycles. The molecule has 0 radical (unpaired) electrons. The Bertz CT molecular complexity index is 499. The van der Waals surface area contributed by atoms with Crippen molar-refractivity contribution in [2.45, 2.75) is 6.10 Å². The Balaban J connectivity index is 2.58. The minimum Gasteiger partial charge on any atom is -0.374 e. The maximum atomic E-state index is 9.39. The third-order valence-corrected chi connectivity index (χ3v) is 2.09. The normalized spacial score (nSPS) is 12.3. The van der Waals surface area contributed by atoms with Crippen molar-refractivity contribution in [3.05, 3.63) is 42.2 Å². The molecule has 0 aliphatic carbocycles. The number of rotatable bonds is 1. The summed E-state index contributed by atoms with van der Waals surface area (Å²) in [6, 6.07) is 9.62. The van der Waals surface area contributed by atoms with E-state index in [-0.39, 0.29) is 0 Å². The number of aromatic nitrogens is 1. The lowest BCUT2D eigenvalue weighted by Crippen LogP contribution is -1.96. The predicted molar refractivity (Wildman–Crippen MR) is 55.5 cm³/mol. The van der Waals surface area contributed by atoms with Gasteiger partial charge in [0.2, 0.25) is 0 Å². The Morgan fingerprint density at radius 2 is 2.00 bits per heavy atom. The molecule has 1 aromatic heterocycles. The van der Waals surface area contributed by atoms with Crippen LogP contribution in [0.5, 0.6) is 0 Å². The molecule has 1 atom stereocenters. The first-order valence-corrected chi connectivity index (χ1v) is 4.30. The molecule has 2 aromatic rings. The molecular weight excluding hydrogens is 174 g/mol. The molecule has 2 heteroatoms. The zero-order valence-corrected chi connectivity index (χ0v) is 7.51. The van der Waals surface area contributed by atoms with E-state index in [0.29, 0.717) is 5.69 Å². The van der Waals surface area contributed by atoms with Gasteiger partial charge in [0, 0.05) is 11.6 Å². The van der Waals surface area contributed by atoms with Crippen LogP contribution in [-0.4, -0.2) is 10.1 Å². The highest BCUT2D eigenvalue weighted by atomic mass is 16.3. The number of nitrogens with zero attached hydrogens (tertiary/aromatic N) is 1. The van der Waals surface area contributed by atoms with Gasteiger partial charge in [-0.25, -0.2) is 0 Å². The third kappa shape index (κ3) is 1.46. The van der Waals surface area contributed by atoms with Crippen molar-refractivity contribution in [1.29, 1.82) is 0 Å². The minimum atomic E-state index is -0.917. The van der Waals surface area contributed by atoms with E-state index in [1.807, 2.05) is 24.3 Å². The monoisotopic (exact) mass is 183 g/mol. The van der Waals surface area contributed by atoms with E-state index in [1.54, 1.807) is 12.3 Å². The topological polar surface area (TPSA) is 33.1 Å². The first-order valence-electron chi connectivity index (χ1n) is 4.30. The second-order valence-electron chi connectivity index (χ2n) is 3.03. The number of benzene rings is 1. The van der Waals surface area contributed by atoms with Crippen molar-refractivity contribution in [3.63, 3.8) is 0 Å². The van der Waals surface area contributed by atoms with E-state index in [1.165, 1.54) is 0 Å². The fourth-order valence-corrected chi connectivity index (χ4v) is 1.34. The molecule has 0 saturated carbocycles. The molecule has 0 amide bonds. The van der Waals surface area contributed by atoms with Gasteiger partial charge in [0.25, 0.3) is 0 Å². The molecule has 0 fully saturated rings. The second kappa shape index (κ2) is 3.49. The first kappa shape index (κ1) is 8.74. The third-order valence-electron chi connectivity index (χ3n) is 2.09. The average Bonchev–Trinajstić information content (AvgIpc) is 2.27. The van der Waals surface area contributed by atoms with Crippen LogP contribution in [-0.2, 0) is 0 Å². The quantitative estimate of drug-likeness (QED) is 0.685. The summed E-state index contributed by atoms with van der Waals surface area (Å²) >= 11 is 0. The Morgan fingerprint density at radius 3 is 2.71 bits per heavy atom. The highest BCUT2D eigenvalue weighted by molar-refractivity contribution is 5.81. The highest BCUT2D eigenvalue weighted by Crippen LogP contribution is 2.16. The van der Waals surface area contributed by atoms with Gasteiger partial charge in [-0.15, -0.1) is 6.42 Å². The van der Waals surface area contributed by atoms with Gasteiger partial charge in [0.1, 0.15) is 0 Å². The van der Waals surface area contributed by atoms with Crippen molar-refractivity contribution < 1.29 is 5.11 Å². The molecule has 2 rings (SSSR count). The summed E-state index contributed by atoms with van der Waals surface area (Å²) in [5.74, 6) is 2.24. The Kier molecular flexibility index (Phi) is 2.18. The van der Waals surface area contributed by atoms with E-state index < -0.39 is 6.10 Å². The van der Waals surface area contributed by atoms with Gasteiger partial charge in [-0.1, -0.05) is 30.2 Å². The van der Waals surface area contributed by atoms with Crippen LogP contribution in [0.3, 0.4) is 0 Å². The summed E-state index contributed by atoms with van der Waals surface area (Å²) in [6.45, 7) is 0. The predicted octanol–water partition coefficient (Wildman–Crippen LogP) is 1.90. The van der Waals surface area contributed by atoms with Gasteiger partial charge in [-0.3, -0.25) is 4.98 Å². The molecule has 1 unspecified atom stereocenters. The number of aliphatic hydroxyl groups excluding tert-OH is 1. The summed E-state index contributed by atoms with van der Waals surface area (Å²) in [6.07, 6.45) is 5.90. The maximum absolute atomic E-state index is 9.39. The van der Waals surface area contributed by atoms with Crippen LogP contribution in [0.2, 0.25) is 0 Å². The molecule has 0 saturated heterocycles. The van der Waals surface area contributed by atoms with Gasteiger partial charge in [-0.2, -0.15) is 0 Å². The average molecular weight is 183 g/mol. The molecule has 1 N–H and O–H groups in total. The molecule has 68 valence electrons. The smallest absolute Gasteiger partial charge is 0.156 e. The SMILES string of the molecule is C#CC(O)c1cc2ccccc2cn1. The highest BCUT2D eigenvalue weighted by Gasteiger charge is 2.04. The number of fused-ring (bicyclic) bond motifs is 1. The van der Waals surface area contributed by atoms with E-state index in [4.69, 9.17) is 6.42 Å². The fraction of sp³-hybridized carbons (Fsp3) is 0.0833. The summed E-state index contributed by atoms with van der Waals surface area (Å²) in [5.41, 5.74) is 0.520. The number of hydrogen-bond acceptors (Lipinski definition) is 2. The Hall–Kier alpha value is -1.85. The largest absolute Gasteiger partial charge is 0.374 e. The van der Waals surface area contributed by atoms with Crippen LogP contribution in [0.15, 0.2) is 36.5 Å². The van der Waals surface area contributed by atoms with E-state index in [9.17, 15) is 5.11 Å². The minimum absolute atomic E-state index is 0.520. The Morgan fingerprint density at radius 1 is 1.29 bits per heavy atom. The molecule has 0 spiro atoms. The van der Waals surface area contributed by atoms with E-state index in [2.05, 4.69) is 10.9 Å². The second-order valence-corrected chi connectivity index (χ2v) is 3.03. The van der Waals surface area contributed by atoms with Gasteiger partial charge < -0.3 is 5.11 Å². The van der Waals surface area contributed by atoms with Crippen molar-refractivity contribution in [1.82, 2.24) is 4.98 Å². The van der Waals surface area contributed by atoms with Crippen LogP contribution in [0.4, 0.5) is 0 Å². The van der Waals surface area contributed by atoms with Gasteiger partial charge in [-0.05, 0) is 11.5 Å². The molecule has 2 nitrogen and oxygen atoms in total. The fourth-order valence-electron chi connectivity index (χ4n) is 1.34. The maximum Gasteiger partial charge on any atom is 0.156 e. The zero-order valence-electron chi connectivity index (χ0n) is 7.51. The first-order chi connectivity index (χ1) is 6.81. The van der Waals surface area contributed by atoms with E-state index in [0.717, 1.165) is 10.8 Å². The molecular formula is C12H9NO. The molecule has 14 heavy (non-hydrogen) atoms. The van der Waals surface area contributed by atoms with Crippen LogP contribution in [0, 0.1) is 12.3 Å².